The zero-order chi connectivity index (χ0) is 11.3. The van der Waals surface area contributed by atoms with E-state index in [1.54, 1.807) is 11.8 Å². The number of nitrogens with one attached hydrogen (secondary N) is 1. The van der Waals surface area contributed by atoms with Crippen molar-refractivity contribution in [1.82, 2.24) is 5.32 Å². The zero-order valence-electron chi connectivity index (χ0n) is 8.79. The highest BCUT2D eigenvalue weighted by molar-refractivity contribution is 9.09. The highest BCUT2D eigenvalue weighted by Crippen LogP contribution is 2.14. The fraction of sp³-hybridized carbons (Fsp3) is 0.364. The molecule has 1 N–H and O–H groups in total. The highest BCUT2D eigenvalue weighted by atomic mass is 79.9. The van der Waals surface area contributed by atoms with Gasteiger partial charge >= 0.3 is 0 Å². The highest BCUT2D eigenvalue weighted by Gasteiger charge is 2.05. The molecule has 82 valence electrons. The van der Waals surface area contributed by atoms with Crippen LogP contribution in [0.15, 0.2) is 29.2 Å². The Balaban J connectivity index is 2.58. The molecule has 0 aliphatic carbocycles. The quantitative estimate of drug-likeness (QED) is 0.682. The van der Waals surface area contributed by atoms with Crippen molar-refractivity contribution < 1.29 is 4.79 Å². The van der Waals surface area contributed by atoms with Crippen molar-refractivity contribution >= 4 is 33.6 Å². The van der Waals surface area contributed by atoms with Gasteiger partial charge in [0.05, 0.1) is 0 Å². The predicted molar refractivity (Wildman–Crippen MR) is 68.9 cm³/mol. The van der Waals surface area contributed by atoms with Gasteiger partial charge in [0.25, 0.3) is 5.91 Å². The van der Waals surface area contributed by atoms with Gasteiger partial charge in [-0.05, 0) is 30.5 Å². The van der Waals surface area contributed by atoms with Crippen molar-refractivity contribution in [3.8, 4) is 0 Å². The molecule has 0 spiro atoms. The summed E-state index contributed by atoms with van der Waals surface area (Å²) in [6.07, 6.45) is 2.02. The minimum absolute atomic E-state index is 0.0195. The van der Waals surface area contributed by atoms with Crippen LogP contribution in [0.25, 0.3) is 0 Å². The molecule has 0 aromatic heterocycles. The lowest BCUT2D eigenvalue weighted by Crippen LogP contribution is -2.28. The van der Waals surface area contributed by atoms with Crippen LogP contribution < -0.4 is 5.32 Å². The average Bonchev–Trinajstić information content (AvgIpc) is 2.26. The van der Waals surface area contributed by atoms with Crippen LogP contribution in [-0.4, -0.2) is 23.5 Å². The van der Waals surface area contributed by atoms with E-state index in [0.29, 0.717) is 16.9 Å². The second-order valence-corrected chi connectivity index (χ2v) is 5.66. The van der Waals surface area contributed by atoms with Crippen LogP contribution in [0, 0.1) is 0 Å². The number of hydrogen-bond acceptors (Lipinski definition) is 2. The minimum Gasteiger partial charge on any atom is -0.351 e. The molecule has 0 aliphatic rings. The Morgan fingerprint density at radius 3 is 2.53 bits per heavy atom. The smallest absolute Gasteiger partial charge is 0.251 e. The molecule has 0 bridgehead atoms. The number of halogens is 1. The first-order valence-electron chi connectivity index (χ1n) is 4.70. The van der Waals surface area contributed by atoms with Crippen LogP contribution in [0.3, 0.4) is 0 Å². The number of hydrogen-bond donors (Lipinski definition) is 1. The first kappa shape index (κ1) is 12.6. The van der Waals surface area contributed by atoms with Crippen LogP contribution in [-0.2, 0) is 0 Å². The number of thioether (sulfide) groups is 1. The van der Waals surface area contributed by atoms with Gasteiger partial charge in [-0.1, -0.05) is 22.9 Å². The first-order valence-corrected chi connectivity index (χ1v) is 6.84. The van der Waals surface area contributed by atoms with Gasteiger partial charge in [-0.25, -0.2) is 0 Å². The summed E-state index contributed by atoms with van der Waals surface area (Å²) >= 11 is 5.05. The maximum Gasteiger partial charge on any atom is 0.251 e. The molecule has 0 saturated carbocycles. The third-order valence-corrected chi connectivity index (χ3v) is 2.96. The Morgan fingerprint density at radius 1 is 1.47 bits per heavy atom. The normalized spacial score (nSPS) is 12.2. The molecule has 1 rings (SSSR count). The van der Waals surface area contributed by atoms with E-state index in [9.17, 15) is 4.79 Å². The van der Waals surface area contributed by atoms with Crippen LogP contribution in [0.1, 0.15) is 17.3 Å². The summed E-state index contributed by atoms with van der Waals surface area (Å²) in [6, 6.07) is 7.61. The van der Waals surface area contributed by atoms with E-state index in [2.05, 4.69) is 21.2 Å². The first-order chi connectivity index (χ1) is 7.13. The average molecular weight is 288 g/mol. The summed E-state index contributed by atoms with van der Waals surface area (Å²) in [5.41, 5.74) is 0.709. The van der Waals surface area contributed by atoms with Gasteiger partial charge in [-0.2, -0.15) is 0 Å². The van der Waals surface area contributed by atoms with Crippen molar-refractivity contribution in [2.45, 2.75) is 16.6 Å². The Morgan fingerprint density at radius 2 is 2.07 bits per heavy atom. The molecule has 0 aliphatic heterocycles. The lowest BCUT2D eigenvalue weighted by atomic mass is 10.2. The summed E-state index contributed by atoms with van der Waals surface area (Å²) in [6.45, 7) is 2.64. The molecule has 1 unspecified atom stereocenters. The topological polar surface area (TPSA) is 29.1 Å². The monoisotopic (exact) mass is 287 g/mol. The second kappa shape index (κ2) is 6.18. The van der Waals surface area contributed by atoms with Gasteiger partial charge in [-0.3, -0.25) is 4.79 Å². The van der Waals surface area contributed by atoms with E-state index < -0.39 is 0 Å². The molecule has 0 fully saturated rings. The van der Waals surface area contributed by atoms with Crippen molar-refractivity contribution in [2.75, 3.05) is 12.8 Å². The van der Waals surface area contributed by atoms with Crippen LogP contribution in [0.5, 0.6) is 0 Å². The van der Waals surface area contributed by atoms with Gasteiger partial charge < -0.3 is 5.32 Å². The van der Waals surface area contributed by atoms with Gasteiger partial charge in [0.15, 0.2) is 0 Å². The summed E-state index contributed by atoms with van der Waals surface area (Å²) < 4.78 is 0. The number of carbonyl (C=O) groups is 1. The molecule has 1 amide bonds. The SMILES string of the molecule is CSc1ccc(C(=O)NCC(C)Br)cc1. The molecule has 15 heavy (non-hydrogen) atoms. The van der Waals surface area contributed by atoms with E-state index in [1.165, 1.54) is 4.90 Å². The molecule has 1 aromatic carbocycles. The molecule has 0 saturated heterocycles. The third kappa shape index (κ3) is 4.26. The Bertz CT molecular complexity index is 324. The minimum atomic E-state index is -0.0195. The molecular formula is C11H14BrNOS. The summed E-state index contributed by atoms with van der Waals surface area (Å²) in [5.74, 6) is -0.0195. The number of amides is 1. The molecular weight excluding hydrogens is 274 g/mol. The summed E-state index contributed by atoms with van der Waals surface area (Å²) in [5, 5.41) is 2.84. The lowest BCUT2D eigenvalue weighted by Gasteiger charge is -2.06. The standard InChI is InChI=1S/C11H14BrNOS/c1-8(12)7-13-11(14)9-3-5-10(15-2)6-4-9/h3-6,8H,7H2,1-2H3,(H,13,14). The van der Waals surface area contributed by atoms with Gasteiger partial charge in [-0.15, -0.1) is 11.8 Å². The number of alkyl halides is 1. The maximum atomic E-state index is 11.6. The van der Waals surface area contributed by atoms with Crippen LogP contribution >= 0.6 is 27.7 Å². The van der Waals surface area contributed by atoms with E-state index in [0.717, 1.165) is 0 Å². The van der Waals surface area contributed by atoms with E-state index in [4.69, 9.17) is 0 Å². The van der Waals surface area contributed by atoms with E-state index >= 15 is 0 Å². The fourth-order valence-corrected chi connectivity index (χ4v) is 1.65. The van der Waals surface area contributed by atoms with E-state index in [-0.39, 0.29) is 5.91 Å². The molecule has 4 heteroatoms. The predicted octanol–water partition coefficient (Wildman–Crippen LogP) is 2.92. The van der Waals surface area contributed by atoms with Crippen molar-refractivity contribution in [1.29, 1.82) is 0 Å². The number of benzene rings is 1. The molecule has 0 heterocycles. The fourth-order valence-electron chi connectivity index (χ4n) is 1.08. The molecule has 2 nitrogen and oxygen atoms in total. The number of rotatable bonds is 4. The van der Waals surface area contributed by atoms with Crippen molar-refractivity contribution in [2.24, 2.45) is 0 Å². The lowest BCUT2D eigenvalue weighted by molar-refractivity contribution is 0.0954. The largest absolute Gasteiger partial charge is 0.351 e. The summed E-state index contributed by atoms with van der Waals surface area (Å²) in [7, 11) is 0. The van der Waals surface area contributed by atoms with E-state index in [1.807, 2.05) is 37.4 Å². The van der Waals surface area contributed by atoms with Crippen LogP contribution in [0.4, 0.5) is 0 Å². The van der Waals surface area contributed by atoms with Crippen LogP contribution in [0.2, 0.25) is 0 Å². The van der Waals surface area contributed by atoms with Crippen molar-refractivity contribution in [3.05, 3.63) is 29.8 Å². The van der Waals surface area contributed by atoms with Crippen molar-refractivity contribution in [3.63, 3.8) is 0 Å². The second-order valence-electron chi connectivity index (χ2n) is 3.22. The maximum absolute atomic E-state index is 11.6. The molecule has 1 atom stereocenters. The number of carbonyl (C=O) groups excluding carboxylic acids is 1. The Hall–Kier alpha value is -0.480. The Kier molecular flexibility index (Phi) is 5.19. The Labute approximate surface area is 103 Å². The zero-order valence-corrected chi connectivity index (χ0v) is 11.2. The van der Waals surface area contributed by atoms with Gasteiger partial charge in [0, 0.05) is 21.8 Å². The third-order valence-electron chi connectivity index (χ3n) is 1.90. The molecule has 1 aromatic rings. The summed E-state index contributed by atoms with van der Waals surface area (Å²) in [4.78, 5) is 13.1. The molecule has 0 radical (unpaired) electrons. The van der Waals surface area contributed by atoms with Gasteiger partial charge in [0.2, 0.25) is 0 Å². The van der Waals surface area contributed by atoms with Gasteiger partial charge in [0.1, 0.15) is 0 Å².